The lowest BCUT2D eigenvalue weighted by atomic mass is 10.0. The molecule has 3 rings (SSSR count). The van der Waals surface area contributed by atoms with Crippen LogP contribution in [0.15, 0.2) is 46.8 Å². The predicted octanol–water partition coefficient (Wildman–Crippen LogP) is 4.29. The molecule has 0 aliphatic carbocycles. The van der Waals surface area contributed by atoms with Crippen LogP contribution >= 0.6 is 23.1 Å². The van der Waals surface area contributed by atoms with Gasteiger partial charge in [-0.1, -0.05) is 52.9 Å². The van der Waals surface area contributed by atoms with Crippen molar-refractivity contribution in [1.29, 1.82) is 0 Å². The van der Waals surface area contributed by atoms with Crippen molar-refractivity contribution < 1.29 is 14.5 Å². The van der Waals surface area contributed by atoms with E-state index < -0.39 is 10.8 Å². The van der Waals surface area contributed by atoms with Gasteiger partial charge in [0.1, 0.15) is 0 Å². The molecule has 0 aliphatic heterocycles. The van der Waals surface area contributed by atoms with Crippen LogP contribution < -0.4 is 5.32 Å². The van der Waals surface area contributed by atoms with Crippen LogP contribution in [0.4, 0.5) is 10.8 Å². The summed E-state index contributed by atoms with van der Waals surface area (Å²) >= 11 is 2.37. The monoisotopic (exact) mass is 428 g/mol. The Morgan fingerprint density at radius 2 is 1.97 bits per heavy atom. The Kier molecular flexibility index (Phi) is 6.35. The Morgan fingerprint density at radius 3 is 2.69 bits per heavy atom. The fourth-order valence-electron chi connectivity index (χ4n) is 2.58. The van der Waals surface area contributed by atoms with Gasteiger partial charge in [-0.15, -0.1) is 10.2 Å². The van der Waals surface area contributed by atoms with E-state index in [1.807, 2.05) is 32.0 Å². The van der Waals surface area contributed by atoms with Crippen LogP contribution in [0, 0.1) is 24.0 Å². The molecule has 8 nitrogen and oxygen atoms in total. The Labute approximate surface area is 174 Å². The highest BCUT2D eigenvalue weighted by Crippen LogP contribution is 2.27. The van der Waals surface area contributed by atoms with E-state index in [0.29, 0.717) is 9.90 Å². The number of carbonyl (C=O) groups excluding carboxylic acids is 2. The van der Waals surface area contributed by atoms with Gasteiger partial charge in [-0.3, -0.25) is 25.0 Å². The summed E-state index contributed by atoms with van der Waals surface area (Å²) in [5.74, 6) is -0.324. The molecular weight excluding hydrogens is 412 g/mol. The minimum atomic E-state index is -0.566. The number of ketones is 1. The minimum Gasteiger partial charge on any atom is -0.296 e. The molecule has 0 saturated carbocycles. The molecule has 0 saturated heterocycles. The first-order valence-electron chi connectivity index (χ1n) is 8.46. The SMILES string of the molecule is Cc1ccc(C(=O)CSc2nnc(NC(=O)c3cccc([N+](=O)[O-])c3)s2)c(C)c1. The number of benzene rings is 2. The molecule has 148 valence electrons. The standard InChI is InChI=1S/C19H16N4O4S2/c1-11-6-7-15(12(2)8-11)16(24)10-28-19-22-21-18(29-19)20-17(25)13-4-3-5-14(9-13)23(26)27/h3-9H,10H2,1-2H3,(H,20,21,25). The van der Waals surface area contributed by atoms with Crippen LogP contribution in [0.2, 0.25) is 0 Å². The van der Waals surface area contributed by atoms with Gasteiger partial charge in [-0.05, 0) is 25.5 Å². The summed E-state index contributed by atoms with van der Waals surface area (Å²) in [6.45, 7) is 3.87. The lowest BCUT2D eigenvalue weighted by Crippen LogP contribution is -2.11. The van der Waals surface area contributed by atoms with Gasteiger partial charge >= 0.3 is 0 Å². The number of nitro groups is 1. The molecule has 0 bridgehead atoms. The van der Waals surface area contributed by atoms with Crippen molar-refractivity contribution in [2.45, 2.75) is 18.2 Å². The molecular formula is C19H16N4O4S2. The summed E-state index contributed by atoms with van der Waals surface area (Å²) in [5, 5.41) is 21.5. The van der Waals surface area contributed by atoms with Crippen molar-refractivity contribution in [3.8, 4) is 0 Å². The van der Waals surface area contributed by atoms with Gasteiger partial charge < -0.3 is 0 Å². The molecule has 3 aromatic rings. The summed E-state index contributed by atoms with van der Waals surface area (Å²) in [7, 11) is 0. The van der Waals surface area contributed by atoms with E-state index in [0.717, 1.165) is 22.5 Å². The first kappa shape index (κ1) is 20.6. The third-order valence-corrected chi connectivity index (χ3v) is 5.93. The van der Waals surface area contributed by atoms with Gasteiger partial charge in [-0.25, -0.2) is 0 Å². The summed E-state index contributed by atoms with van der Waals surface area (Å²) in [4.78, 5) is 34.9. The van der Waals surface area contributed by atoms with E-state index in [-0.39, 0.29) is 27.9 Å². The highest BCUT2D eigenvalue weighted by molar-refractivity contribution is 8.01. The second-order valence-corrected chi connectivity index (χ2v) is 8.36. The number of hydrogen-bond acceptors (Lipinski definition) is 8. The molecule has 10 heteroatoms. The number of aromatic nitrogens is 2. The molecule has 0 radical (unpaired) electrons. The number of thioether (sulfide) groups is 1. The largest absolute Gasteiger partial charge is 0.296 e. The van der Waals surface area contributed by atoms with Crippen LogP contribution in [0.3, 0.4) is 0 Å². The first-order chi connectivity index (χ1) is 13.8. The quantitative estimate of drug-likeness (QED) is 0.196. The molecule has 0 spiro atoms. The van der Waals surface area contributed by atoms with E-state index in [4.69, 9.17) is 0 Å². The maximum absolute atomic E-state index is 12.4. The van der Waals surface area contributed by atoms with E-state index in [2.05, 4.69) is 15.5 Å². The van der Waals surface area contributed by atoms with Crippen LogP contribution in [-0.4, -0.2) is 32.6 Å². The van der Waals surface area contributed by atoms with Crippen molar-refractivity contribution >= 4 is 45.6 Å². The first-order valence-corrected chi connectivity index (χ1v) is 10.3. The van der Waals surface area contributed by atoms with Crippen LogP contribution in [0.25, 0.3) is 0 Å². The molecule has 1 heterocycles. The molecule has 0 atom stereocenters. The zero-order chi connectivity index (χ0) is 21.0. The summed E-state index contributed by atoms with van der Waals surface area (Å²) < 4.78 is 0.539. The smallest absolute Gasteiger partial charge is 0.270 e. The summed E-state index contributed by atoms with van der Waals surface area (Å²) in [5.41, 5.74) is 2.68. The topological polar surface area (TPSA) is 115 Å². The molecule has 0 fully saturated rings. The van der Waals surface area contributed by atoms with Crippen LogP contribution in [-0.2, 0) is 0 Å². The zero-order valence-corrected chi connectivity index (χ0v) is 17.2. The van der Waals surface area contributed by atoms with E-state index in [9.17, 15) is 19.7 Å². The van der Waals surface area contributed by atoms with E-state index in [1.54, 1.807) is 0 Å². The van der Waals surface area contributed by atoms with Crippen molar-refractivity contribution in [3.63, 3.8) is 0 Å². The van der Waals surface area contributed by atoms with Crippen molar-refractivity contribution in [2.24, 2.45) is 0 Å². The molecule has 1 N–H and O–H groups in total. The predicted molar refractivity (Wildman–Crippen MR) is 112 cm³/mol. The Bertz CT molecular complexity index is 1100. The number of nitrogens with zero attached hydrogens (tertiary/aromatic N) is 3. The third kappa shape index (κ3) is 5.24. The fourth-order valence-corrected chi connectivity index (χ4v) is 4.21. The lowest BCUT2D eigenvalue weighted by molar-refractivity contribution is -0.384. The molecule has 29 heavy (non-hydrogen) atoms. The second kappa shape index (κ2) is 8.93. The maximum atomic E-state index is 12.4. The van der Waals surface area contributed by atoms with Crippen molar-refractivity contribution in [2.75, 3.05) is 11.1 Å². The number of rotatable bonds is 7. The molecule has 1 aromatic heterocycles. The van der Waals surface area contributed by atoms with E-state index >= 15 is 0 Å². The molecule has 2 aromatic carbocycles. The maximum Gasteiger partial charge on any atom is 0.270 e. The number of non-ortho nitro benzene ring substituents is 1. The van der Waals surface area contributed by atoms with Crippen LogP contribution in [0.5, 0.6) is 0 Å². The average molecular weight is 428 g/mol. The van der Waals surface area contributed by atoms with Crippen LogP contribution in [0.1, 0.15) is 31.8 Å². The fraction of sp³-hybridized carbons (Fsp3) is 0.158. The number of Topliss-reactive ketones (excluding diaryl/α,β-unsaturated/α-hetero) is 1. The van der Waals surface area contributed by atoms with Gasteiger partial charge in [0, 0.05) is 23.3 Å². The van der Waals surface area contributed by atoms with Gasteiger partial charge in [0.15, 0.2) is 10.1 Å². The number of nitro benzene ring substituents is 1. The van der Waals surface area contributed by atoms with Gasteiger partial charge in [0.25, 0.3) is 11.6 Å². The molecule has 0 unspecified atom stereocenters. The van der Waals surface area contributed by atoms with E-state index in [1.165, 1.54) is 36.0 Å². The zero-order valence-electron chi connectivity index (χ0n) is 15.5. The summed E-state index contributed by atoms with van der Waals surface area (Å²) in [6, 6.07) is 11.1. The normalized spacial score (nSPS) is 10.6. The van der Waals surface area contributed by atoms with Crippen molar-refractivity contribution in [1.82, 2.24) is 10.2 Å². The number of anilines is 1. The number of aryl methyl sites for hydroxylation is 2. The van der Waals surface area contributed by atoms with Gasteiger partial charge in [0.05, 0.1) is 10.7 Å². The van der Waals surface area contributed by atoms with Gasteiger partial charge in [0.2, 0.25) is 5.13 Å². The molecule has 0 aliphatic rings. The highest BCUT2D eigenvalue weighted by atomic mass is 32.2. The Balaban J connectivity index is 1.60. The minimum absolute atomic E-state index is 0.00937. The van der Waals surface area contributed by atoms with Crippen molar-refractivity contribution in [3.05, 3.63) is 74.8 Å². The Morgan fingerprint density at radius 1 is 1.17 bits per heavy atom. The number of carbonyl (C=O) groups is 2. The number of nitrogens with one attached hydrogen (secondary N) is 1. The third-order valence-electron chi connectivity index (χ3n) is 3.96. The number of hydrogen-bond donors (Lipinski definition) is 1. The highest BCUT2D eigenvalue weighted by Gasteiger charge is 2.15. The second-order valence-electron chi connectivity index (χ2n) is 6.16. The Hall–Kier alpha value is -3.11. The summed E-state index contributed by atoms with van der Waals surface area (Å²) in [6.07, 6.45) is 0. The average Bonchev–Trinajstić information content (AvgIpc) is 3.13. The lowest BCUT2D eigenvalue weighted by Gasteiger charge is -2.04. The van der Waals surface area contributed by atoms with Gasteiger partial charge in [-0.2, -0.15) is 0 Å². The number of amides is 1. The molecule has 1 amide bonds.